The van der Waals surface area contributed by atoms with Crippen LogP contribution in [-0.4, -0.2) is 108 Å². The van der Waals surface area contributed by atoms with Gasteiger partial charge < -0.3 is 0 Å². The minimum absolute atomic E-state index is 0. The molecule has 9 nitrogen and oxygen atoms in total. The first kappa shape index (κ1) is 21.0. The van der Waals surface area contributed by atoms with Crippen LogP contribution in [0.4, 0.5) is 4.79 Å². The fourth-order valence-corrected chi connectivity index (χ4v) is 0.641. The molecule has 14 heavy (non-hydrogen) atoms. The van der Waals surface area contributed by atoms with Crippen molar-refractivity contribution in [3.8, 4) is 0 Å². The van der Waals surface area contributed by atoms with Gasteiger partial charge >= 0.3 is 102 Å². The zero-order chi connectivity index (χ0) is 9.99. The van der Waals surface area contributed by atoms with Crippen LogP contribution in [0.3, 0.4) is 0 Å². The van der Waals surface area contributed by atoms with Gasteiger partial charge in [0.2, 0.25) is 0 Å². The molecule has 0 heterocycles. The standard InChI is InChI=1S/CH2O9S2.2Ca.4H/c2-1(9-11(3,4)5)10-12(6,7)8;;;;;;/h(H,3,4,5)(H,6,7,8);;;;;;. The van der Waals surface area contributed by atoms with Gasteiger partial charge in [-0.05, 0) is 0 Å². The molecule has 2 N–H and O–H groups in total. The molecule has 0 fully saturated rings. The minimum atomic E-state index is -5.15. The fourth-order valence-electron chi connectivity index (χ4n) is 0.186. The Balaban J connectivity index is -0.000000605. The Morgan fingerprint density at radius 2 is 1.07 bits per heavy atom. The van der Waals surface area contributed by atoms with Gasteiger partial charge in [0.15, 0.2) is 0 Å². The van der Waals surface area contributed by atoms with Crippen LogP contribution < -0.4 is 0 Å². The Labute approximate surface area is 139 Å². The van der Waals surface area contributed by atoms with E-state index in [0.29, 0.717) is 0 Å². The average molecular weight is 306 g/mol. The summed E-state index contributed by atoms with van der Waals surface area (Å²) >= 11 is 0. The van der Waals surface area contributed by atoms with Crippen LogP contribution in [0, 0.1) is 0 Å². The molecule has 0 rings (SSSR count). The SMILES string of the molecule is O=C(OS(=O)(=O)O)OS(=O)(=O)O.[CaH2].[CaH2]. The van der Waals surface area contributed by atoms with Crippen molar-refractivity contribution in [1.29, 1.82) is 0 Å². The van der Waals surface area contributed by atoms with E-state index in [1.54, 1.807) is 0 Å². The second kappa shape index (κ2) is 7.81. The third-order valence-corrected chi connectivity index (χ3v) is 1.04. The molecule has 0 saturated heterocycles. The second-order valence-electron chi connectivity index (χ2n) is 1.27. The molecule has 0 aromatic carbocycles. The average Bonchev–Trinajstić information content (AvgIpc) is 1.49. The van der Waals surface area contributed by atoms with Crippen molar-refractivity contribution < 1.29 is 39.1 Å². The van der Waals surface area contributed by atoms with E-state index >= 15 is 0 Å². The summed E-state index contributed by atoms with van der Waals surface area (Å²) in [5.41, 5.74) is 0. The molecule has 0 saturated carbocycles. The van der Waals surface area contributed by atoms with Crippen LogP contribution in [0.15, 0.2) is 0 Å². The Kier molecular flexibility index (Phi) is 11.7. The molecule has 0 bridgehead atoms. The van der Waals surface area contributed by atoms with E-state index in [1.165, 1.54) is 0 Å². The van der Waals surface area contributed by atoms with Gasteiger partial charge in [-0.2, -0.15) is 16.8 Å². The topological polar surface area (TPSA) is 144 Å². The van der Waals surface area contributed by atoms with Crippen LogP contribution in [0.5, 0.6) is 0 Å². The monoisotopic (exact) mass is 306 g/mol. The van der Waals surface area contributed by atoms with Crippen LogP contribution in [-0.2, 0) is 29.2 Å². The molecular formula is CH6Ca2O9S2. The van der Waals surface area contributed by atoms with E-state index in [-0.39, 0.29) is 75.5 Å². The molecular weight excluding hydrogens is 300 g/mol. The van der Waals surface area contributed by atoms with Crippen molar-refractivity contribution in [2.45, 2.75) is 0 Å². The normalized spacial score (nSPS) is 10.4. The van der Waals surface area contributed by atoms with Crippen molar-refractivity contribution >= 4 is 102 Å². The van der Waals surface area contributed by atoms with Crippen LogP contribution in [0.1, 0.15) is 0 Å². The predicted octanol–water partition coefficient (Wildman–Crippen LogP) is -3.09. The van der Waals surface area contributed by atoms with Crippen LogP contribution in [0.2, 0.25) is 0 Å². The van der Waals surface area contributed by atoms with Crippen molar-refractivity contribution in [1.82, 2.24) is 0 Å². The van der Waals surface area contributed by atoms with Crippen LogP contribution >= 0.6 is 0 Å². The van der Waals surface area contributed by atoms with Crippen molar-refractivity contribution in [3.05, 3.63) is 0 Å². The summed E-state index contributed by atoms with van der Waals surface area (Å²) in [4.78, 5) is 9.95. The summed E-state index contributed by atoms with van der Waals surface area (Å²) in [5.74, 6) is 0. The second-order valence-corrected chi connectivity index (χ2v) is 3.32. The number of carbonyl (C=O) groups is 1. The molecule has 0 unspecified atom stereocenters. The maximum absolute atomic E-state index is 9.95. The Bertz CT molecular complexity index is 328. The molecule has 13 heteroatoms. The predicted molar refractivity (Wildman–Crippen MR) is 47.8 cm³/mol. The van der Waals surface area contributed by atoms with Gasteiger partial charge in [0.05, 0.1) is 0 Å². The summed E-state index contributed by atoms with van der Waals surface area (Å²) in [6, 6.07) is 0. The summed E-state index contributed by atoms with van der Waals surface area (Å²) in [6.07, 6.45) is -2.29. The first-order valence-corrected chi connectivity index (χ1v) is 4.71. The summed E-state index contributed by atoms with van der Waals surface area (Å²) in [7, 11) is -10.3. The number of hydrogen-bond donors (Lipinski definition) is 2. The number of carbonyl (C=O) groups excluding carboxylic acids is 1. The molecule has 0 aromatic heterocycles. The van der Waals surface area contributed by atoms with Crippen molar-refractivity contribution in [3.63, 3.8) is 0 Å². The first-order chi connectivity index (χ1) is 5.10. The molecule has 0 spiro atoms. The first-order valence-electron chi connectivity index (χ1n) is 1.98. The van der Waals surface area contributed by atoms with E-state index in [9.17, 15) is 21.6 Å². The molecule has 0 aliphatic heterocycles. The quantitative estimate of drug-likeness (QED) is 0.400. The van der Waals surface area contributed by atoms with Crippen molar-refractivity contribution in [2.24, 2.45) is 0 Å². The van der Waals surface area contributed by atoms with Gasteiger partial charge in [0.25, 0.3) is 0 Å². The van der Waals surface area contributed by atoms with E-state index in [0.717, 1.165) is 0 Å². The Morgan fingerprint density at radius 1 is 0.857 bits per heavy atom. The van der Waals surface area contributed by atoms with Gasteiger partial charge in [-0.25, -0.2) is 4.79 Å². The van der Waals surface area contributed by atoms with E-state index < -0.39 is 27.0 Å². The molecule has 0 atom stereocenters. The van der Waals surface area contributed by atoms with Gasteiger partial charge in [0, 0.05) is 0 Å². The molecule has 0 aliphatic rings. The zero-order valence-electron chi connectivity index (χ0n) is 5.07. The number of rotatable bonds is 2. The Morgan fingerprint density at radius 3 is 1.21 bits per heavy atom. The van der Waals surface area contributed by atoms with E-state index in [4.69, 9.17) is 9.11 Å². The molecule has 0 aliphatic carbocycles. The van der Waals surface area contributed by atoms with E-state index in [2.05, 4.69) is 8.37 Å². The van der Waals surface area contributed by atoms with Crippen LogP contribution in [0.25, 0.3) is 0 Å². The van der Waals surface area contributed by atoms with Gasteiger partial charge in [-0.3, -0.25) is 17.5 Å². The zero-order valence-corrected chi connectivity index (χ0v) is 6.70. The molecule has 80 valence electrons. The summed E-state index contributed by atoms with van der Waals surface area (Å²) in [5, 5.41) is 0. The van der Waals surface area contributed by atoms with Gasteiger partial charge in [0.1, 0.15) is 0 Å². The van der Waals surface area contributed by atoms with E-state index in [1.807, 2.05) is 0 Å². The third kappa shape index (κ3) is 16.1. The molecule has 0 amide bonds. The third-order valence-electron chi connectivity index (χ3n) is 0.347. The fraction of sp³-hybridized carbons (Fsp3) is 0. The van der Waals surface area contributed by atoms with Crippen molar-refractivity contribution in [2.75, 3.05) is 0 Å². The summed E-state index contributed by atoms with van der Waals surface area (Å²) < 4.78 is 60.1. The molecule has 0 aromatic rings. The molecule has 0 radical (unpaired) electrons. The Hall–Kier alpha value is 1.61. The maximum atomic E-state index is 9.95. The number of hydrogen-bond acceptors (Lipinski definition) is 7. The summed E-state index contributed by atoms with van der Waals surface area (Å²) in [6.45, 7) is 0. The van der Waals surface area contributed by atoms with Gasteiger partial charge in [-0.1, -0.05) is 0 Å². The van der Waals surface area contributed by atoms with Gasteiger partial charge in [-0.15, -0.1) is 0 Å².